The van der Waals surface area contributed by atoms with Crippen molar-refractivity contribution in [2.24, 2.45) is 5.84 Å². The molecule has 2 rings (SSSR count). The van der Waals surface area contributed by atoms with Crippen molar-refractivity contribution in [3.8, 4) is 0 Å². The number of amides is 1. The molecule has 1 heterocycles. The molecule has 0 unspecified atom stereocenters. The molecule has 4 nitrogen and oxygen atoms in total. The fourth-order valence-electron chi connectivity index (χ4n) is 1.55. The van der Waals surface area contributed by atoms with Gasteiger partial charge in [0.1, 0.15) is 5.76 Å². The minimum Gasteiger partial charge on any atom is -0.468 e. The van der Waals surface area contributed by atoms with Gasteiger partial charge < -0.3 is 4.42 Å². The fraction of sp³-hybridized carbons (Fsp3) is 0.154. The highest BCUT2D eigenvalue weighted by Crippen LogP contribution is 2.18. The van der Waals surface area contributed by atoms with E-state index < -0.39 is 0 Å². The minimum atomic E-state index is -0.270. The molecule has 0 spiro atoms. The summed E-state index contributed by atoms with van der Waals surface area (Å²) < 4.78 is 5.25. The van der Waals surface area contributed by atoms with Crippen molar-refractivity contribution >= 4 is 17.7 Å². The van der Waals surface area contributed by atoms with Crippen molar-refractivity contribution in [3.63, 3.8) is 0 Å². The summed E-state index contributed by atoms with van der Waals surface area (Å²) in [5.74, 6) is 7.43. The first-order valence-electron chi connectivity index (χ1n) is 5.49. The normalized spacial score (nSPS) is 10.3. The molecule has 0 aliphatic heterocycles. The zero-order chi connectivity index (χ0) is 12.8. The van der Waals surface area contributed by atoms with Gasteiger partial charge in [0.05, 0.1) is 12.0 Å². The van der Waals surface area contributed by atoms with Crippen molar-refractivity contribution in [1.82, 2.24) is 5.43 Å². The Hall–Kier alpha value is -1.72. The average Bonchev–Trinajstić information content (AvgIpc) is 2.91. The molecule has 2 aromatic rings. The third-order valence-corrected chi connectivity index (χ3v) is 3.44. The van der Waals surface area contributed by atoms with Gasteiger partial charge in [-0.3, -0.25) is 10.2 Å². The van der Waals surface area contributed by atoms with E-state index in [0.29, 0.717) is 5.56 Å². The van der Waals surface area contributed by atoms with Crippen molar-refractivity contribution in [3.05, 3.63) is 59.5 Å². The Kier molecular flexibility index (Phi) is 4.44. The first-order chi connectivity index (χ1) is 8.79. The Bertz CT molecular complexity index is 511. The van der Waals surface area contributed by atoms with Gasteiger partial charge in [0.15, 0.2) is 0 Å². The molecular weight excluding hydrogens is 248 g/mol. The van der Waals surface area contributed by atoms with Crippen LogP contribution in [0.25, 0.3) is 0 Å². The lowest BCUT2D eigenvalue weighted by Crippen LogP contribution is -2.29. The van der Waals surface area contributed by atoms with E-state index in [2.05, 4.69) is 5.43 Å². The summed E-state index contributed by atoms with van der Waals surface area (Å²) in [6.07, 6.45) is 1.67. The van der Waals surface area contributed by atoms with Crippen molar-refractivity contribution in [2.75, 3.05) is 0 Å². The standard InChI is InChI=1S/C13H14N2O2S/c14-15-13(16)11-4-1-3-10(7-11)8-18-9-12-5-2-6-17-12/h1-7H,8-9,14H2,(H,15,16). The van der Waals surface area contributed by atoms with E-state index in [-0.39, 0.29) is 5.91 Å². The molecule has 0 aliphatic rings. The second-order valence-corrected chi connectivity index (χ2v) is 4.73. The van der Waals surface area contributed by atoms with E-state index in [4.69, 9.17) is 10.3 Å². The zero-order valence-electron chi connectivity index (χ0n) is 9.76. The van der Waals surface area contributed by atoms with E-state index in [1.807, 2.05) is 30.3 Å². The number of hydrogen-bond acceptors (Lipinski definition) is 4. The van der Waals surface area contributed by atoms with Crippen molar-refractivity contribution < 1.29 is 9.21 Å². The lowest BCUT2D eigenvalue weighted by atomic mass is 10.1. The van der Waals surface area contributed by atoms with Crippen LogP contribution in [-0.2, 0) is 11.5 Å². The van der Waals surface area contributed by atoms with Gasteiger partial charge in [-0.05, 0) is 29.8 Å². The number of carbonyl (C=O) groups excluding carboxylic acids is 1. The van der Waals surface area contributed by atoms with Crippen LogP contribution in [0.1, 0.15) is 21.7 Å². The van der Waals surface area contributed by atoms with Gasteiger partial charge in [0.2, 0.25) is 0 Å². The summed E-state index contributed by atoms with van der Waals surface area (Å²) in [5.41, 5.74) is 3.79. The number of rotatable bonds is 5. The van der Waals surface area contributed by atoms with Gasteiger partial charge in [-0.15, -0.1) is 11.8 Å². The zero-order valence-corrected chi connectivity index (χ0v) is 10.6. The smallest absolute Gasteiger partial charge is 0.265 e. The van der Waals surface area contributed by atoms with Crippen LogP contribution in [-0.4, -0.2) is 5.91 Å². The number of carbonyl (C=O) groups is 1. The van der Waals surface area contributed by atoms with Crippen molar-refractivity contribution in [2.45, 2.75) is 11.5 Å². The maximum absolute atomic E-state index is 11.4. The number of hydrogen-bond donors (Lipinski definition) is 2. The van der Waals surface area contributed by atoms with Crippen LogP contribution in [0.3, 0.4) is 0 Å². The van der Waals surface area contributed by atoms with Gasteiger partial charge >= 0.3 is 0 Å². The molecule has 1 aromatic heterocycles. The van der Waals surface area contributed by atoms with Gasteiger partial charge in [-0.1, -0.05) is 12.1 Å². The van der Waals surface area contributed by atoms with E-state index in [9.17, 15) is 4.79 Å². The van der Waals surface area contributed by atoms with Crippen molar-refractivity contribution in [1.29, 1.82) is 0 Å². The lowest BCUT2D eigenvalue weighted by Gasteiger charge is -2.03. The Balaban J connectivity index is 1.91. The molecule has 1 aromatic carbocycles. The Labute approximate surface area is 110 Å². The van der Waals surface area contributed by atoms with Crippen LogP contribution >= 0.6 is 11.8 Å². The highest BCUT2D eigenvalue weighted by Gasteiger charge is 2.04. The second kappa shape index (κ2) is 6.28. The van der Waals surface area contributed by atoms with Gasteiger partial charge in [0, 0.05) is 11.3 Å². The number of benzene rings is 1. The SMILES string of the molecule is NNC(=O)c1cccc(CSCc2ccco2)c1. The monoisotopic (exact) mass is 262 g/mol. The molecular formula is C13H14N2O2S. The minimum absolute atomic E-state index is 0.270. The summed E-state index contributed by atoms with van der Waals surface area (Å²) in [6.45, 7) is 0. The third-order valence-electron chi connectivity index (χ3n) is 2.41. The Morgan fingerprint density at radius 2 is 2.17 bits per heavy atom. The molecule has 0 radical (unpaired) electrons. The van der Waals surface area contributed by atoms with E-state index in [1.54, 1.807) is 24.1 Å². The van der Waals surface area contributed by atoms with E-state index >= 15 is 0 Å². The summed E-state index contributed by atoms with van der Waals surface area (Å²) in [6, 6.07) is 11.3. The maximum Gasteiger partial charge on any atom is 0.265 e. The fourth-order valence-corrected chi connectivity index (χ4v) is 2.43. The second-order valence-electron chi connectivity index (χ2n) is 3.75. The molecule has 1 amide bonds. The van der Waals surface area contributed by atoms with Gasteiger partial charge in [-0.2, -0.15) is 0 Å². The van der Waals surface area contributed by atoms with Gasteiger partial charge in [-0.25, -0.2) is 5.84 Å². The molecule has 18 heavy (non-hydrogen) atoms. The molecule has 94 valence electrons. The van der Waals surface area contributed by atoms with Crippen LogP contribution in [0.15, 0.2) is 47.1 Å². The van der Waals surface area contributed by atoms with E-state index in [1.165, 1.54) is 0 Å². The van der Waals surface area contributed by atoms with Crippen LogP contribution in [0.2, 0.25) is 0 Å². The van der Waals surface area contributed by atoms with Crippen LogP contribution in [0.5, 0.6) is 0 Å². The third kappa shape index (κ3) is 3.38. The topological polar surface area (TPSA) is 68.3 Å². The molecule has 0 saturated carbocycles. The summed E-state index contributed by atoms with van der Waals surface area (Å²) in [4.78, 5) is 11.4. The number of furan rings is 1. The Morgan fingerprint density at radius 1 is 1.28 bits per heavy atom. The molecule has 0 aliphatic carbocycles. The molecule has 0 atom stereocenters. The molecule has 0 bridgehead atoms. The predicted octanol–water partition coefficient (Wildman–Crippen LogP) is 2.32. The summed E-state index contributed by atoms with van der Waals surface area (Å²) in [7, 11) is 0. The first-order valence-corrected chi connectivity index (χ1v) is 6.65. The van der Waals surface area contributed by atoms with Crippen LogP contribution < -0.4 is 11.3 Å². The highest BCUT2D eigenvalue weighted by molar-refractivity contribution is 7.97. The number of hydrazine groups is 1. The summed E-state index contributed by atoms with van der Waals surface area (Å²) in [5, 5.41) is 0. The summed E-state index contributed by atoms with van der Waals surface area (Å²) >= 11 is 1.74. The molecule has 5 heteroatoms. The first kappa shape index (κ1) is 12.7. The number of nitrogens with one attached hydrogen (secondary N) is 1. The van der Waals surface area contributed by atoms with E-state index in [0.717, 1.165) is 22.8 Å². The molecule has 0 saturated heterocycles. The highest BCUT2D eigenvalue weighted by atomic mass is 32.2. The largest absolute Gasteiger partial charge is 0.468 e. The number of nitrogen functional groups attached to an aromatic ring is 1. The van der Waals surface area contributed by atoms with Crippen LogP contribution in [0.4, 0.5) is 0 Å². The quantitative estimate of drug-likeness (QED) is 0.493. The molecule has 3 N–H and O–H groups in total. The average molecular weight is 262 g/mol. The Morgan fingerprint density at radius 3 is 2.89 bits per heavy atom. The number of nitrogens with two attached hydrogens (primary N) is 1. The predicted molar refractivity (Wildman–Crippen MR) is 71.8 cm³/mol. The number of thioether (sulfide) groups is 1. The van der Waals surface area contributed by atoms with Crippen LogP contribution in [0, 0.1) is 0 Å². The lowest BCUT2D eigenvalue weighted by molar-refractivity contribution is 0.0953. The maximum atomic E-state index is 11.4. The van der Waals surface area contributed by atoms with Gasteiger partial charge in [0.25, 0.3) is 5.91 Å². The molecule has 0 fully saturated rings.